The van der Waals surface area contributed by atoms with Crippen LogP contribution in [0.3, 0.4) is 0 Å². The van der Waals surface area contributed by atoms with Crippen LogP contribution in [0.2, 0.25) is 0 Å². The van der Waals surface area contributed by atoms with Gasteiger partial charge in [0.15, 0.2) is 0 Å². The van der Waals surface area contributed by atoms with Gasteiger partial charge in [0.05, 0.1) is 10.9 Å². The first kappa shape index (κ1) is 16.5. The summed E-state index contributed by atoms with van der Waals surface area (Å²) < 4.78 is 14.8. The fourth-order valence-corrected chi connectivity index (χ4v) is 3.33. The van der Waals surface area contributed by atoms with E-state index in [1.54, 1.807) is 18.2 Å². The van der Waals surface area contributed by atoms with E-state index < -0.39 is 0 Å². The van der Waals surface area contributed by atoms with Gasteiger partial charge in [0.2, 0.25) is 0 Å². The lowest BCUT2D eigenvalue weighted by Crippen LogP contribution is -2.36. The maximum absolute atomic E-state index is 13.0. The van der Waals surface area contributed by atoms with E-state index in [4.69, 9.17) is 4.98 Å². The number of aromatic nitrogens is 2. The highest BCUT2D eigenvalue weighted by Crippen LogP contribution is 2.29. The first-order chi connectivity index (χ1) is 12.4. The van der Waals surface area contributed by atoms with Crippen LogP contribution in [-0.2, 0) is 13.0 Å². The van der Waals surface area contributed by atoms with Crippen LogP contribution in [0.4, 0.5) is 4.39 Å². The fraction of sp³-hybridized carbons (Fsp3) is 0.273. The summed E-state index contributed by atoms with van der Waals surface area (Å²) >= 11 is 0. The van der Waals surface area contributed by atoms with Crippen LogP contribution >= 0.6 is 0 Å². The largest absolute Gasteiger partial charge is 0.296 e. The molecule has 1 aliphatic heterocycles. The minimum Gasteiger partial charge on any atom is -0.296 e. The second-order valence-corrected chi connectivity index (χ2v) is 7.57. The summed E-state index contributed by atoms with van der Waals surface area (Å²) in [5.41, 5.74) is 2.36. The number of halogens is 1. The van der Waals surface area contributed by atoms with E-state index in [1.165, 1.54) is 12.1 Å². The molecule has 0 radical (unpaired) electrons. The van der Waals surface area contributed by atoms with Gasteiger partial charge in [-0.1, -0.05) is 25.7 Å². The Morgan fingerprint density at radius 2 is 1.77 bits per heavy atom. The third-order valence-electron chi connectivity index (χ3n) is 4.84. The molecule has 0 bridgehead atoms. The summed E-state index contributed by atoms with van der Waals surface area (Å²) in [6, 6.07) is 11.6. The molecule has 0 saturated carbocycles. The number of hydrogen-bond acceptors (Lipinski definition) is 2. The molecule has 4 heteroatoms. The topological polar surface area (TPSA) is 34.9 Å². The van der Waals surface area contributed by atoms with Crippen molar-refractivity contribution >= 4 is 10.9 Å². The lowest BCUT2D eigenvalue weighted by Gasteiger charge is -2.31. The Morgan fingerprint density at radius 3 is 2.54 bits per heavy atom. The molecule has 0 amide bonds. The molecule has 2 aromatic carbocycles. The SMILES string of the molecule is CC1(C)CCc2nc3cc(C#Cc4ccc(F)cc4)ccc3c(=O)n2C1. The molecule has 0 unspecified atom stereocenters. The van der Waals surface area contributed by atoms with Gasteiger partial charge >= 0.3 is 0 Å². The van der Waals surface area contributed by atoms with Crippen LogP contribution in [0.25, 0.3) is 10.9 Å². The number of nitrogens with zero attached hydrogens (tertiary/aromatic N) is 2. The molecule has 0 N–H and O–H groups in total. The quantitative estimate of drug-likeness (QED) is 0.579. The molecular formula is C22H19FN2O. The summed E-state index contributed by atoms with van der Waals surface area (Å²) in [4.78, 5) is 17.5. The lowest BCUT2D eigenvalue weighted by molar-refractivity contribution is 0.240. The van der Waals surface area contributed by atoms with Gasteiger partial charge in [0.1, 0.15) is 11.6 Å². The highest BCUT2D eigenvalue weighted by molar-refractivity contribution is 5.79. The molecule has 4 rings (SSSR count). The number of fused-ring (bicyclic) bond motifs is 2. The zero-order valence-corrected chi connectivity index (χ0v) is 14.8. The molecule has 3 nitrogen and oxygen atoms in total. The van der Waals surface area contributed by atoms with Gasteiger partial charge in [0.25, 0.3) is 5.56 Å². The van der Waals surface area contributed by atoms with Gasteiger partial charge in [-0.15, -0.1) is 0 Å². The summed E-state index contributed by atoms with van der Waals surface area (Å²) in [7, 11) is 0. The van der Waals surface area contributed by atoms with E-state index in [0.717, 1.165) is 29.8 Å². The molecule has 0 saturated heterocycles. The maximum Gasteiger partial charge on any atom is 0.261 e. The Bertz CT molecular complexity index is 1120. The molecule has 0 spiro atoms. The summed E-state index contributed by atoms with van der Waals surface area (Å²) in [5.74, 6) is 6.65. The third-order valence-corrected chi connectivity index (χ3v) is 4.84. The normalized spacial score (nSPS) is 15.2. The van der Waals surface area contributed by atoms with Crippen molar-refractivity contribution in [3.63, 3.8) is 0 Å². The van der Waals surface area contributed by atoms with Crippen molar-refractivity contribution < 1.29 is 4.39 Å². The molecule has 3 aromatic rings. The second kappa shape index (κ2) is 6.10. The maximum atomic E-state index is 13.0. The van der Waals surface area contributed by atoms with Gasteiger partial charge < -0.3 is 0 Å². The van der Waals surface area contributed by atoms with Gasteiger partial charge in [0, 0.05) is 24.1 Å². The number of benzene rings is 2. The Morgan fingerprint density at radius 1 is 1.08 bits per heavy atom. The molecule has 0 atom stereocenters. The van der Waals surface area contributed by atoms with E-state index in [9.17, 15) is 9.18 Å². The second-order valence-electron chi connectivity index (χ2n) is 7.57. The minimum atomic E-state index is -0.279. The van der Waals surface area contributed by atoms with Crippen molar-refractivity contribution in [2.45, 2.75) is 33.2 Å². The van der Waals surface area contributed by atoms with Crippen molar-refractivity contribution in [2.75, 3.05) is 0 Å². The summed E-state index contributed by atoms with van der Waals surface area (Å²) in [5, 5.41) is 0.624. The van der Waals surface area contributed by atoms with E-state index in [2.05, 4.69) is 25.7 Å². The van der Waals surface area contributed by atoms with Gasteiger partial charge in [-0.25, -0.2) is 9.37 Å². The monoisotopic (exact) mass is 346 g/mol. The van der Waals surface area contributed by atoms with Crippen LogP contribution in [-0.4, -0.2) is 9.55 Å². The van der Waals surface area contributed by atoms with Gasteiger partial charge in [-0.3, -0.25) is 9.36 Å². The molecule has 130 valence electrons. The Balaban J connectivity index is 1.75. The predicted octanol–water partition coefficient (Wildman–Crippen LogP) is 3.91. The van der Waals surface area contributed by atoms with Crippen molar-refractivity contribution in [1.82, 2.24) is 9.55 Å². The molecule has 0 fully saturated rings. The molecule has 0 aliphatic carbocycles. The average Bonchev–Trinajstić information content (AvgIpc) is 2.62. The Hall–Kier alpha value is -2.93. The lowest BCUT2D eigenvalue weighted by atomic mass is 9.85. The van der Waals surface area contributed by atoms with Crippen LogP contribution in [0.15, 0.2) is 47.3 Å². The van der Waals surface area contributed by atoms with E-state index in [-0.39, 0.29) is 16.8 Å². The Kier molecular flexibility index (Phi) is 3.88. The number of rotatable bonds is 0. The van der Waals surface area contributed by atoms with E-state index >= 15 is 0 Å². The van der Waals surface area contributed by atoms with Crippen LogP contribution < -0.4 is 5.56 Å². The zero-order valence-electron chi connectivity index (χ0n) is 14.8. The van der Waals surface area contributed by atoms with E-state index in [1.807, 2.05) is 16.7 Å². The molecule has 1 aliphatic rings. The van der Waals surface area contributed by atoms with Gasteiger partial charge in [-0.05, 0) is 54.3 Å². The van der Waals surface area contributed by atoms with Crippen LogP contribution in [0, 0.1) is 23.1 Å². The van der Waals surface area contributed by atoms with Crippen molar-refractivity contribution in [2.24, 2.45) is 5.41 Å². The predicted molar refractivity (Wildman–Crippen MR) is 100 cm³/mol. The zero-order chi connectivity index (χ0) is 18.3. The van der Waals surface area contributed by atoms with Crippen molar-refractivity contribution in [3.05, 3.63) is 75.6 Å². The Labute approximate surface area is 151 Å². The molecule has 26 heavy (non-hydrogen) atoms. The third kappa shape index (κ3) is 3.13. The summed E-state index contributed by atoms with van der Waals surface area (Å²) in [6.45, 7) is 5.07. The highest BCUT2D eigenvalue weighted by atomic mass is 19.1. The number of aryl methyl sites for hydroxylation is 1. The molecule has 2 heterocycles. The van der Waals surface area contributed by atoms with Crippen molar-refractivity contribution in [1.29, 1.82) is 0 Å². The van der Waals surface area contributed by atoms with E-state index in [0.29, 0.717) is 17.4 Å². The smallest absolute Gasteiger partial charge is 0.261 e. The number of hydrogen-bond donors (Lipinski definition) is 0. The van der Waals surface area contributed by atoms with Crippen LogP contribution in [0.1, 0.15) is 37.2 Å². The highest BCUT2D eigenvalue weighted by Gasteiger charge is 2.27. The molecule has 1 aromatic heterocycles. The fourth-order valence-electron chi connectivity index (χ4n) is 3.33. The average molecular weight is 346 g/mol. The van der Waals surface area contributed by atoms with Gasteiger partial charge in [-0.2, -0.15) is 0 Å². The minimum absolute atomic E-state index is 0.0239. The summed E-state index contributed by atoms with van der Waals surface area (Å²) in [6.07, 6.45) is 1.83. The molecular weight excluding hydrogens is 327 g/mol. The van der Waals surface area contributed by atoms with Crippen LogP contribution in [0.5, 0.6) is 0 Å². The first-order valence-electron chi connectivity index (χ1n) is 8.72. The first-order valence-corrected chi connectivity index (χ1v) is 8.72. The van der Waals surface area contributed by atoms with Crippen molar-refractivity contribution in [3.8, 4) is 11.8 Å². The standard InChI is InChI=1S/C22H19FN2O/c1-22(2)12-11-20-24-19-13-16(4-3-15-5-8-17(23)9-6-15)7-10-18(19)21(26)25(20)14-22/h5-10,13H,11-12,14H2,1-2H3.